The summed E-state index contributed by atoms with van der Waals surface area (Å²) in [6.07, 6.45) is 5.56. The molecule has 0 spiro atoms. The molecule has 0 aromatic carbocycles. The lowest BCUT2D eigenvalue weighted by Gasteiger charge is -2.43. The molecule has 106 valence electrons. The number of rotatable bonds is 5. The van der Waals surface area contributed by atoms with Gasteiger partial charge in [0.25, 0.3) is 0 Å². The lowest BCUT2D eigenvalue weighted by Crippen LogP contribution is -2.55. The van der Waals surface area contributed by atoms with Crippen molar-refractivity contribution in [2.75, 3.05) is 40.6 Å². The van der Waals surface area contributed by atoms with E-state index in [1.807, 2.05) is 7.11 Å². The standard InChI is InChI=1S/C14H27NO3/c1-15-13(11-12-3-7-17-8-4-12)14(16-2)5-9-18-10-6-14/h12-13,15H,3-11H2,1-2H3. The third-order valence-corrected chi connectivity index (χ3v) is 4.64. The van der Waals surface area contributed by atoms with Crippen LogP contribution in [0.5, 0.6) is 0 Å². The fourth-order valence-corrected chi connectivity index (χ4v) is 3.32. The molecule has 0 aliphatic carbocycles. The zero-order valence-electron chi connectivity index (χ0n) is 11.7. The summed E-state index contributed by atoms with van der Waals surface area (Å²) in [6.45, 7) is 3.48. The molecule has 2 fully saturated rings. The molecule has 2 heterocycles. The number of hydrogen-bond donors (Lipinski definition) is 1. The van der Waals surface area contributed by atoms with Crippen LogP contribution in [-0.2, 0) is 14.2 Å². The second kappa shape index (κ2) is 6.85. The van der Waals surface area contributed by atoms with Crippen molar-refractivity contribution in [2.24, 2.45) is 5.92 Å². The molecule has 0 radical (unpaired) electrons. The maximum absolute atomic E-state index is 5.90. The second-order valence-electron chi connectivity index (χ2n) is 5.51. The summed E-state index contributed by atoms with van der Waals surface area (Å²) in [4.78, 5) is 0. The van der Waals surface area contributed by atoms with Crippen LogP contribution in [0.15, 0.2) is 0 Å². The average Bonchev–Trinajstić information content (AvgIpc) is 2.46. The molecule has 1 atom stereocenters. The second-order valence-corrected chi connectivity index (χ2v) is 5.51. The van der Waals surface area contributed by atoms with Crippen LogP contribution in [0, 0.1) is 5.92 Å². The number of methoxy groups -OCH3 is 1. The van der Waals surface area contributed by atoms with E-state index in [0.717, 1.165) is 45.2 Å². The van der Waals surface area contributed by atoms with Gasteiger partial charge in [0.05, 0.1) is 5.60 Å². The van der Waals surface area contributed by atoms with Gasteiger partial charge in [-0.3, -0.25) is 0 Å². The Hall–Kier alpha value is -0.160. The molecule has 2 rings (SSSR count). The van der Waals surface area contributed by atoms with Crippen molar-refractivity contribution in [2.45, 2.75) is 43.7 Å². The van der Waals surface area contributed by atoms with Crippen LogP contribution in [0.1, 0.15) is 32.1 Å². The molecule has 2 aliphatic heterocycles. The van der Waals surface area contributed by atoms with Gasteiger partial charge in [0, 0.05) is 52.4 Å². The van der Waals surface area contributed by atoms with Crippen LogP contribution in [0.2, 0.25) is 0 Å². The van der Waals surface area contributed by atoms with E-state index in [9.17, 15) is 0 Å². The minimum atomic E-state index is -0.0364. The maximum Gasteiger partial charge on any atom is 0.0874 e. The molecule has 0 saturated carbocycles. The largest absolute Gasteiger partial charge is 0.381 e. The quantitative estimate of drug-likeness (QED) is 0.812. The molecule has 1 unspecified atom stereocenters. The summed E-state index contributed by atoms with van der Waals surface area (Å²) in [6, 6.07) is 0.425. The lowest BCUT2D eigenvalue weighted by molar-refractivity contribution is -0.114. The predicted octanol–water partition coefficient (Wildman–Crippen LogP) is 1.59. The molecule has 4 heteroatoms. The molecule has 0 amide bonds. The van der Waals surface area contributed by atoms with E-state index >= 15 is 0 Å². The topological polar surface area (TPSA) is 39.7 Å². The predicted molar refractivity (Wildman–Crippen MR) is 70.8 cm³/mol. The summed E-state index contributed by atoms with van der Waals surface area (Å²) < 4.78 is 16.8. The van der Waals surface area contributed by atoms with E-state index in [2.05, 4.69) is 12.4 Å². The first kappa shape index (κ1) is 14.3. The van der Waals surface area contributed by atoms with Crippen LogP contribution in [-0.4, -0.2) is 52.2 Å². The molecule has 4 nitrogen and oxygen atoms in total. The SMILES string of the molecule is CNC(CC1CCOCC1)C1(OC)CCOCC1. The highest BCUT2D eigenvalue weighted by molar-refractivity contribution is 4.95. The van der Waals surface area contributed by atoms with E-state index < -0.39 is 0 Å². The van der Waals surface area contributed by atoms with Crippen LogP contribution in [0.25, 0.3) is 0 Å². The van der Waals surface area contributed by atoms with Crippen molar-refractivity contribution < 1.29 is 14.2 Å². The van der Waals surface area contributed by atoms with Crippen LogP contribution >= 0.6 is 0 Å². The van der Waals surface area contributed by atoms with Crippen LogP contribution in [0.3, 0.4) is 0 Å². The van der Waals surface area contributed by atoms with E-state index in [4.69, 9.17) is 14.2 Å². The average molecular weight is 257 g/mol. The summed E-state index contributed by atoms with van der Waals surface area (Å²) in [7, 11) is 3.90. The highest BCUT2D eigenvalue weighted by Gasteiger charge is 2.40. The third kappa shape index (κ3) is 3.23. The lowest BCUT2D eigenvalue weighted by atomic mass is 9.79. The Morgan fingerprint density at radius 2 is 1.78 bits per heavy atom. The molecular weight excluding hydrogens is 230 g/mol. The van der Waals surface area contributed by atoms with E-state index in [0.29, 0.717) is 6.04 Å². The van der Waals surface area contributed by atoms with Gasteiger partial charge in [-0.05, 0) is 32.2 Å². The fourth-order valence-electron chi connectivity index (χ4n) is 3.32. The molecule has 0 aromatic rings. The minimum absolute atomic E-state index is 0.0364. The molecule has 18 heavy (non-hydrogen) atoms. The number of nitrogens with one attached hydrogen (secondary N) is 1. The Kier molecular flexibility index (Phi) is 5.42. The molecule has 0 aromatic heterocycles. The van der Waals surface area contributed by atoms with Gasteiger partial charge in [-0.25, -0.2) is 0 Å². The third-order valence-electron chi connectivity index (χ3n) is 4.64. The highest BCUT2D eigenvalue weighted by atomic mass is 16.5. The Bertz CT molecular complexity index is 235. The van der Waals surface area contributed by atoms with Gasteiger partial charge in [0.2, 0.25) is 0 Å². The van der Waals surface area contributed by atoms with Crippen molar-refractivity contribution >= 4 is 0 Å². The summed E-state index contributed by atoms with van der Waals surface area (Å²) in [5.74, 6) is 0.770. The van der Waals surface area contributed by atoms with E-state index in [-0.39, 0.29) is 5.60 Å². The molecule has 2 aliphatic rings. The van der Waals surface area contributed by atoms with E-state index in [1.165, 1.54) is 19.3 Å². The smallest absolute Gasteiger partial charge is 0.0874 e. The Morgan fingerprint density at radius 3 is 2.33 bits per heavy atom. The van der Waals surface area contributed by atoms with Gasteiger partial charge in [0.1, 0.15) is 0 Å². The van der Waals surface area contributed by atoms with Crippen molar-refractivity contribution in [3.8, 4) is 0 Å². The first-order valence-electron chi connectivity index (χ1n) is 7.18. The number of hydrogen-bond acceptors (Lipinski definition) is 4. The van der Waals surface area contributed by atoms with Crippen molar-refractivity contribution in [3.63, 3.8) is 0 Å². The van der Waals surface area contributed by atoms with Gasteiger partial charge in [-0.2, -0.15) is 0 Å². The van der Waals surface area contributed by atoms with Crippen LogP contribution < -0.4 is 5.32 Å². The first-order valence-corrected chi connectivity index (χ1v) is 7.18. The van der Waals surface area contributed by atoms with Gasteiger partial charge in [0.15, 0.2) is 0 Å². The summed E-state index contributed by atoms with van der Waals surface area (Å²) in [5, 5.41) is 3.49. The Balaban J connectivity index is 1.96. The van der Waals surface area contributed by atoms with Gasteiger partial charge in [-0.15, -0.1) is 0 Å². The zero-order chi connectivity index (χ0) is 12.8. The fraction of sp³-hybridized carbons (Fsp3) is 1.00. The summed E-state index contributed by atoms with van der Waals surface area (Å²) >= 11 is 0. The molecular formula is C14H27NO3. The molecule has 2 saturated heterocycles. The Labute approximate surface area is 110 Å². The maximum atomic E-state index is 5.90. The van der Waals surface area contributed by atoms with Gasteiger partial charge >= 0.3 is 0 Å². The van der Waals surface area contributed by atoms with Crippen LogP contribution in [0.4, 0.5) is 0 Å². The molecule has 0 bridgehead atoms. The normalized spacial score (nSPS) is 27.0. The molecule has 1 N–H and O–H groups in total. The number of ether oxygens (including phenoxy) is 3. The number of likely N-dealkylation sites (N-methyl/N-ethyl adjacent to an activating group) is 1. The minimum Gasteiger partial charge on any atom is -0.381 e. The zero-order valence-corrected chi connectivity index (χ0v) is 11.7. The summed E-state index contributed by atoms with van der Waals surface area (Å²) in [5.41, 5.74) is -0.0364. The van der Waals surface area contributed by atoms with Gasteiger partial charge in [-0.1, -0.05) is 0 Å². The monoisotopic (exact) mass is 257 g/mol. The van der Waals surface area contributed by atoms with Crippen molar-refractivity contribution in [1.82, 2.24) is 5.32 Å². The van der Waals surface area contributed by atoms with Crippen molar-refractivity contribution in [1.29, 1.82) is 0 Å². The highest BCUT2D eigenvalue weighted by Crippen LogP contribution is 2.33. The first-order chi connectivity index (χ1) is 8.80. The Morgan fingerprint density at radius 1 is 1.17 bits per heavy atom. The van der Waals surface area contributed by atoms with Crippen molar-refractivity contribution in [3.05, 3.63) is 0 Å². The van der Waals surface area contributed by atoms with Gasteiger partial charge < -0.3 is 19.5 Å². The van der Waals surface area contributed by atoms with E-state index in [1.54, 1.807) is 0 Å².